The molecule has 4 aromatic rings. The summed E-state index contributed by atoms with van der Waals surface area (Å²) < 4.78 is 3.70. The van der Waals surface area contributed by atoms with Crippen LogP contribution in [-0.2, 0) is 32.0 Å². The average molecular weight is 405 g/mol. The van der Waals surface area contributed by atoms with Gasteiger partial charge in [0.05, 0.1) is 24.3 Å². The Hall–Kier alpha value is -4.08. The summed E-state index contributed by atoms with van der Waals surface area (Å²) in [6.45, 7) is 0.102. The molecule has 0 fully saturated rings. The Morgan fingerprint density at radius 1 is 1.03 bits per heavy atom. The Bertz CT molecular complexity index is 1350. The molecule has 0 spiro atoms. The van der Waals surface area contributed by atoms with Crippen molar-refractivity contribution in [1.82, 2.24) is 34.0 Å². The van der Waals surface area contributed by atoms with Gasteiger partial charge in [0.25, 0.3) is 5.56 Å². The van der Waals surface area contributed by atoms with Gasteiger partial charge in [-0.2, -0.15) is 0 Å². The SMILES string of the molecule is Cn1c(=O)c2c(ncn2CC(=O)NCc2cc(-c3ccccc3)ncn2)n(C)c1=O. The summed E-state index contributed by atoms with van der Waals surface area (Å²) in [5.74, 6) is -0.315. The van der Waals surface area contributed by atoms with Crippen molar-refractivity contribution in [3.05, 3.63) is 75.6 Å². The molecule has 0 radical (unpaired) electrons. The molecule has 10 nitrogen and oxygen atoms in total. The van der Waals surface area contributed by atoms with E-state index >= 15 is 0 Å². The third kappa shape index (κ3) is 3.50. The lowest BCUT2D eigenvalue weighted by atomic mass is 10.1. The van der Waals surface area contributed by atoms with E-state index in [1.807, 2.05) is 36.4 Å². The number of carbonyl (C=O) groups excluding carboxylic acids is 1. The molecule has 152 valence electrons. The minimum atomic E-state index is -0.498. The number of rotatable bonds is 5. The van der Waals surface area contributed by atoms with Crippen LogP contribution in [0, 0.1) is 0 Å². The molecule has 0 unspecified atom stereocenters. The van der Waals surface area contributed by atoms with Gasteiger partial charge in [0.1, 0.15) is 12.9 Å². The van der Waals surface area contributed by atoms with E-state index in [9.17, 15) is 14.4 Å². The topological polar surface area (TPSA) is 117 Å². The number of benzene rings is 1. The predicted octanol–water partition coefficient (Wildman–Crippen LogP) is 0.207. The lowest BCUT2D eigenvalue weighted by Gasteiger charge is -2.08. The van der Waals surface area contributed by atoms with Crippen LogP contribution in [0.4, 0.5) is 0 Å². The quantitative estimate of drug-likeness (QED) is 0.507. The molecule has 4 rings (SSSR count). The number of imidazole rings is 1. The molecule has 0 aliphatic rings. The molecule has 0 aliphatic carbocycles. The maximum Gasteiger partial charge on any atom is 0.332 e. The number of carbonyl (C=O) groups is 1. The third-order valence-electron chi connectivity index (χ3n) is 4.79. The number of fused-ring (bicyclic) bond motifs is 1. The number of amides is 1. The van der Waals surface area contributed by atoms with E-state index in [1.165, 1.54) is 35.9 Å². The standard InChI is InChI=1S/C20H19N7O3/c1-25-18-17(19(29)26(2)20(25)30)27(12-24-18)10-16(28)21-9-14-8-15(23-11-22-14)13-6-4-3-5-7-13/h3-8,11-12H,9-10H2,1-2H3,(H,21,28). The Labute approximate surface area is 170 Å². The van der Waals surface area contributed by atoms with Crippen molar-refractivity contribution in [3.8, 4) is 11.3 Å². The van der Waals surface area contributed by atoms with Crippen molar-refractivity contribution in [2.75, 3.05) is 0 Å². The summed E-state index contributed by atoms with van der Waals surface area (Å²) in [4.78, 5) is 49.5. The molecule has 1 amide bonds. The Morgan fingerprint density at radius 2 is 1.80 bits per heavy atom. The zero-order valence-corrected chi connectivity index (χ0v) is 16.4. The van der Waals surface area contributed by atoms with Gasteiger partial charge < -0.3 is 9.88 Å². The van der Waals surface area contributed by atoms with Gasteiger partial charge >= 0.3 is 5.69 Å². The number of nitrogens with one attached hydrogen (secondary N) is 1. The highest BCUT2D eigenvalue weighted by molar-refractivity contribution is 5.78. The van der Waals surface area contributed by atoms with Gasteiger partial charge in [-0.15, -0.1) is 0 Å². The van der Waals surface area contributed by atoms with Gasteiger partial charge in [0.15, 0.2) is 11.2 Å². The predicted molar refractivity (Wildman–Crippen MR) is 110 cm³/mol. The van der Waals surface area contributed by atoms with Crippen LogP contribution in [-0.4, -0.2) is 34.6 Å². The first kappa shape index (κ1) is 19.2. The number of hydrogen-bond acceptors (Lipinski definition) is 6. The molecule has 3 aromatic heterocycles. The van der Waals surface area contributed by atoms with Crippen molar-refractivity contribution >= 4 is 17.1 Å². The third-order valence-corrected chi connectivity index (χ3v) is 4.79. The van der Waals surface area contributed by atoms with Crippen LogP contribution in [0.2, 0.25) is 0 Å². The maximum atomic E-state index is 12.5. The van der Waals surface area contributed by atoms with Gasteiger partial charge in [0.2, 0.25) is 5.91 Å². The van der Waals surface area contributed by atoms with Crippen molar-refractivity contribution in [1.29, 1.82) is 0 Å². The molecule has 0 bridgehead atoms. The Balaban J connectivity index is 1.50. The highest BCUT2D eigenvalue weighted by Crippen LogP contribution is 2.16. The average Bonchev–Trinajstić information content (AvgIpc) is 3.19. The first-order chi connectivity index (χ1) is 14.5. The molecule has 0 aliphatic heterocycles. The van der Waals surface area contributed by atoms with Gasteiger partial charge in [0, 0.05) is 19.7 Å². The summed E-state index contributed by atoms with van der Waals surface area (Å²) in [7, 11) is 2.92. The molecule has 0 saturated carbocycles. The zero-order chi connectivity index (χ0) is 21.3. The van der Waals surface area contributed by atoms with Crippen LogP contribution in [0.1, 0.15) is 5.69 Å². The second kappa shape index (κ2) is 7.74. The fraction of sp³-hybridized carbons (Fsp3) is 0.200. The van der Waals surface area contributed by atoms with Crippen molar-refractivity contribution in [2.45, 2.75) is 13.1 Å². The summed E-state index contributed by atoms with van der Waals surface area (Å²) in [6, 6.07) is 11.5. The number of aryl methyl sites for hydroxylation is 1. The van der Waals surface area contributed by atoms with E-state index in [1.54, 1.807) is 0 Å². The number of hydrogen-bond donors (Lipinski definition) is 1. The molecule has 30 heavy (non-hydrogen) atoms. The fourth-order valence-corrected chi connectivity index (χ4v) is 3.18. The van der Waals surface area contributed by atoms with Gasteiger partial charge in [-0.05, 0) is 6.07 Å². The van der Waals surface area contributed by atoms with Crippen LogP contribution in [0.5, 0.6) is 0 Å². The fourth-order valence-electron chi connectivity index (χ4n) is 3.18. The van der Waals surface area contributed by atoms with Gasteiger partial charge in [-0.25, -0.2) is 19.7 Å². The molecule has 10 heteroatoms. The van der Waals surface area contributed by atoms with Crippen LogP contribution >= 0.6 is 0 Å². The second-order valence-corrected chi connectivity index (χ2v) is 6.79. The lowest BCUT2D eigenvalue weighted by molar-refractivity contribution is -0.121. The molecular weight excluding hydrogens is 386 g/mol. The van der Waals surface area contributed by atoms with Crippen molar-refractivity contribution in [3.63, 3.8) is 0 Å². The monoisotopic (exact) mass is 405 g/mol. The van der Waals surface area contributed by atoms with Crippen molar-refractivity contribution < 1.29 is 4.79 Å². The van der Waals surface area contributed by atoms with Crippen LogP contribution in [0.3, 0.4) is 0 Å². The lowest BCUT2D eigenvalue weighted by Crippen LogP contribution is -2.38. The largest absolute Gasteiger partial charge is 0.349 e. The molecule has 1 N–H and O–H groups in total. The summed E-state index contributed by atoms with van der Waals surface area (Å²) in [5.41, 5.74) is 1.84. The highest BCUT2D eigenvalue weighted by Gasteiger charge is 2.16. The Kier molecular flexibility index (Phi) is 4.97. The number of nitrogens with zero attached hydrogens (tertiary/aromatic N) is 6. The molecule has 1 aromatic carbocycles. The molecule has 3 heterocycles. The number of aromatic nitrogens is 6. The van der Waals surface area contributed by atoms with Gasteiger partial charge in [-0.1, -0.05) is 30.3 Å². The normalized spacial score (nSPS) is 11.0. The molecule has 0 atom stereocenters. The highest BCUT2D eigenvalue weighted by atomic mass is 16.2. The first-order valence-corrected chi connectivity index (χ1v) is 9.19. The van der Waals surface area contributed by atoms with E-state index < -0.39 is 11.2 Å². The maximum absolute atomic E-state index is 12.5. The van der Waals surface area contributed by atoms with Crippen LogP contribution in [0.15, 0.2) is 58.6 Å². The molecular formula is C20H19N7O3. The zero-order valence-electron chi connectivity index (χ0n) is 16.4. The van der Waals surface area contributed by atoms with Crippen molar-refractivity contribution in [2.24, 2.45) is 14.1 Å². The first-order valence-electron chi connectivity index (χ1n) is 9.19. The van der Waals surface area contributed by atoms with E-state index in [0.717, 1.165) is 15.8 Å². The minimum Gasteiger partial charge on any atom is -0.349 e. The van der Waals surface area contributed by atoms with E-state index in [0.29, 0.717) is 5.69 Å². The summed E-state index contributed by atoms with van der Waals surface area (Å²) in [5, 5.41) is 2.79. The van der Waals surface area contributed by atoms with E-state index in [4.69, 9.17) is 0 Å². The minimum absolute atomic E-state index is 0.111. The second-order valence-electron chi connectivity index (χ2n) is 6.79. The van der Waals surface area contributed by atoms with Gasteiger partial charge in [-0.3, -0.25) is 18.7 Å². The Morgan fingerprint density at radius 3 is 2.57 bits per heavy atom. The van der Waals surface area contributed by atoms with Crippen LogP contribution in [0.25, 0.3) is 22.4 Å². The summed E-state index contributed by atoms with van der Waals surface area (Å²) in [6.07, 6.45) is 2.83. The van der Waals surface area contributed by atoms with Crippen LogP contribution < -0.4 is 16.6 Å². The van der Waals surface area contributed by atoms with E-state index in [2.05, 4.69) is 20.3 Å². The smallest absolute Gasteiger partial charge is 0.332 e. The van der Waals surface area contributed by atoms with E-state index in [-0.39, 0.29) is 30.2 Å². The molecule has 0 saturated heterocycles. The summed E-state index contributed by atoms with van der Waals surface area (Å²) >= 11 is 0.